The molecular weight excluding hydrogens is 409 g/mol. The predicted molar refractivity (Wildman–Crippen MR) is 102 cm³/mol. The van der Waals surface area contributed by atoms with Crippen LogP contribution in [0.5, 0.6) is 0 Å². The van der Waals surface area contributed by atoms with Gasteiger partial charge < -0.3 is 5.73 Å². The van der Waals surface area contributed by atoms with E-state index in [0.29, 0.717) is 32.4 Å². The number of nitrogens with zero attached hydrogens (tertiary/aromatic N) is 2. The van der Waals surface area contributed by atoms with Crippen molar-refractivity contribution in [2.75, 3.05) is 5.73 Å². The molecule has 0 aliphatic carbocycles. The van der Waals surface area contributed by atoms with E-state index in [2.05, 4.69) is 27.0 Å². The van der Waals surface area contributed by atoms with Gasteiger partial charge in [0.05, 0.1) is 10.7 Å². The molecule has 0 radical (unpaired) electrons. The fourth-order valence-electron chi connectivity index (χ4n) is 2.37. The van der Waals surface area contributed by atoms with E-state index < -0.39 is 0 Å². The van der Waals surface area contributed by atoms with Crippen LogP contribution in [-0.4, -0.2) is 4.98 Å². The van der Waals surface area contributed by atoms with Crippen molar-refractivity contribution in [3.8, 4) is 28.5 Å². The van der Waals surface area contributed by atoms with Crippen LogP contribution < -0.4 is 5.73 Å². The van der Waals surface area contributed by atoms with Crippen LogP contribution in [0.3, 0.4) is 0 Å². The molecule has 0 aliphatic rings. The van der Waals surface area contributed by atoms with E-state index in [4.69, 9.17) is 28.9 Å². The van der Waals surface area contributed by atoms with E-state index in [9.17, 15) is 5.26 Å². The smallest absolute Gasteiger partial charge is 0.142 e. The lowest BCUT2D eigenvalue weighted by Gasteiger charge is -2.11. The summed E-state index contributed by atoms with van der Waals surface area (Å²) < 4.78 is 0.952. The minimum Gasteiger partial charge on any atom is -0.383 e. The molecule has 0 saturated carbocycles. The zero-order valence-corrected chi connectivity index (χ0v) is 15.3. The van der Waals surface area contributed by atoms with Crippen molar-refractivity contribution in [2.24, 2.45) is 0 Å². The summed E-state index contributed by atoms with van der Waals surface area (Å²) in [6, 6.07) is 16.7. The maximum Gasteiger partial charge on any atom is 0.142 e. The van der Waals surface area contributed by atoms with Crippen molar-refractivity contribution in [2.45, 2.75) is 0 Å². The van der Waals surface area contributed by atoms with Crippen molar-refractivity contribution in [1.29, 1.82) is 5.26 Å². The normalized spacial score (nSPS) is 10.4. The molecule has 0 unspecified atom stereocenters. The molecule has 0 saturated heterocycles. The molecule has 2 N–H and O–H groups in total. The molecule has 0 fully saturated rings. The highest BCUT2D eigenvalue weighted by molar-refractivity contribution is 9.10. The number of hydrogen-bond acceptors (Lipinski definition) is 3. The molecule has 3 nitrogen and oxygen atoms in total. The van der Waals surface area contributed by atoms with E-state index in [1.807, 2.05) is 30.3 Å². The first-order valence-corrected chi connectivity index (χ1v) is 8.46. The van der Waals surface area contributed by atoms with Gasteiger partial charge in [0.1, 0.15) is 17.5 Å². The molecule has 6 heteroatoms. The predicted octanol–water partition coefficient (Wildman–Crippen LogP) is 5.94. The second-order valence-corrected chi connectivity index (χ2v) is 6.82. The lowest BCUT2D eigenvalue weighted by Crippen LogP contribution is -2.00. The Kier molecular flexibility index (Phi) is 4.77. The molecule has 2 aromatic carbocycles. The van der Waals surface area contributed by atoms with Crippen LogP contribution in [0, 0.1) is 11.3 Å². The number of pyridine rings is 1. The minimum absolute atomic E-state index is 0.166. The van der Waals surface area contributed by atoms with Gasteiger partial charge in [-0.1, -0.05) is 51.3 Å². The zero-order chi connectivity index (χ0) is 17.3. The number of nitrogen functional groups attached to an aromatic ring is 1. The first-order chi connectivity index (χ1) is 11.5. The highest BCUT2D eigenvalue weighted by Gasteiger charge is 2.15. The average Bonchev–Trinajstić information content (AvgIpc) is 2.55. The van der Waals surface area contributed by atoms with Crippen LogP contribution in [-0.2, 0) is 0 Å². The third kappa shape index (κ3) is 3.25. The van der Waals surface area contributed by atoms with Gasteiger partial charge in [-0.3, -0.25) is 0 Å². The average molecular weight is 419 g/mol. The maximum atomic E-state index is 9.44. The summed E-state index contributed by atoms with van der Waals surface area (Å²) in [6.07, 6.45) is 0. The van der Waals surface area contributed by atoms with Crippen LogP contribution >= 0.6 is 39.1 Å². The second kappa shape index (κ2) is 6.82. The van der Waals surface area contributed by atoms with Crippen LogP contribution in [0.15, 0.2) is 53.0 Å². The number of rotatable bonds is 2. The van der Waals surface area contributed by atoms with Gasteiger partial charge in [-0.15, -0.1) is 0 Å². The highest BCUT2D eigenvalue weighted by atomic mass is 79.9. The van der Waals surface area contributed by atoms with Gasteiger partial charge in [0.25, 0.3) is 0 Å². The van der Waals surface area contributed by atoms with Gasteiger partial charge in [-0.25, -0.2) is 4.98 Å². The first kappa shape index (κ1) is 16.8. The number of nitriles is 1. The Balaban J connectivity index is 2.24. The summed E-state index contributed by atoms with van der Waals surface area (Å²) >= 11 is 15.6. The largest absolute Gasteiger partial charge is 0.383 e. The molecule has 0 spiro atoms. The Morgan fingerprint density at radius 1 is 1.00 bits per heavy atom. The number of halogens is 3. The van der Waals surface area contributed by atoms with Crippen molar-refractivity contribution >= 4 is 44.9 Å². The molecule has 1 aromatic heterocycles. The minimum atomic E-state index is 0.166. The summed E-state index contributed by atoms with van der Waals surface area (Å²) in [5.74, 6) is 0.166. The quantitative estimate of drug-likeness (QED) is 0.560. The molecule has 24 heavy (non-hydrogen) atoms. The summed E-state index contributed by atoms with van der Waals surface area (Å²) in [7, 11) is 0. The number of hydrogen-bond donors (Lipinski definition) is 1. The summed E-state index contributed by atoms with van der Waals surface area (Å²) in [6.45, 7) is 0. The van der Waals surface area contributed by atoms with Crippen molar-refractivity contribution in [3.63, 3.8) is 0 Å². The van der Waals surface area contributed by atoms with Crippen molar-refractivity contribution in [3.05, 3.63) is 68.6 Å². The molecule has 3 aromatic rings. The maximum absolute atomic E-state index is 9.44. The molecule has 0 amide bonds. The highest BCUT2D eigenvalue weighted by Crippen LogP contribution is 2.35. The van der Waals surface area contributed by atoms with Crippen LogP contribution in [0.25, 0.3) is 22.4 Å². The second-order valence-electron chi connectivity index (χ2n) is 5.06. The Labute approximate surface area is 157 Å². The SMILES string of the molecule is N#Cc1c(-c2ccc(Br)cc2)cc(-c2ccc(Cl)cc2Cl)nc1N. The zero-order valence-electron chi connectivity index (χ0n) is 12.2. The summed E-state index contributed by atoms with van der Waals surface area (Å²) in [4.78, 5) is 4.33. The molecule has 3 rings (SSSR count). The standard InChI is InChI=1S/C18H10BrCl2N3/c19-11-3-1-10(2-4-11)14-8-17(24-18(23)15(14)9-22)13-6-5-12(20)7-16(13)21/h1-8H,(H2,23,24). The number of anilines is 1. The van der Waals surface area contributed by atoms with Gasteiger partial charge in [-0.05, 0) is 42.0 Å². The van der Waals surface area contributed by atoms with Gasteiger partial charge in [0.2, 0.25) is 0 Å². The Morgan fingerprint density at radius 3 is 2.33 bits per heavy atom. The van der Waals surface area contributed by atoms with Crippen molar-refractivity contribution < 1.29 is 0 Å². The Morgan fingerprint density at radius 2 is 1.71 bits per heavy atom. The fraction of sp³-hybridized carbons (Fsp3) is 0. The van der Waals surface area contributed by atoms with Gasteiger partial charge in [-0.2, -0.15) is 5.26 Å². The number of aromatic nitrogens is 1. The summed E-state index contributed by atoms with van der Waals surface area (Å²) in [5, 5.41) is 10.5. The van der Waals surface area contributed by atoms with Crippen LogP contribution in [0.1, 0.15) is 5.56 Å². The lowest BCUT2D eigenvalue weighted by atomic mass is 9.98. The van der Waals surface area contributed by atoms with E-state index in [1.165, 1.54) is 0 Å². The van der Waals surface area contributed by atoms with Gasteiger partial charge in [0.15, 0.2) is 0 Å². The van der Waals surface area contributed by atoms with Gasteiger partial charge >= 0.3 is 0 Å². The number of nitrogens with two attached hydrogens (primary N) is 1. The topological polar surface area (TPSA) is 62.7 Å². The molecule has 0 bridgehead atoms. The third-order valence-electron chi connectivity index (χ3n) is 3.52. The van der Waals surface area contributed by atoms with E-state index >= 15 is 0 Å². The molecule has 0 atom stereocenters. The molecule has 0 aliphatic heterocycles. The molecule has 118 valence electrons. The Hall–Kier alpha value is -2.06. The first-order valence-electron chi connectivity index (χ1n) is 6.91. The summed E-state index contributed by atoms with van der Waals surface area (Å²) in [5.41, 5.74) is 9.22. The van der Waals surface area contributed by atoms with Crippen LogP contribution in [0.4, 0.5) is 5.82 Å². The fourth-order valence-corrected chi connectivity index (χ4v) is 3.14. The lowest BCUT2D eigenvalue weighted by molar-refractivity contribution is 1.31. The molecular formula is C18H10BrCl2N3. The third-order valence-corrected chi connectivity index (χ3v) is 4.60. The van der Waals surface area contributed by atoms with Crippen LogP contribution in [0.2, 0.25) is 10.0 Å². The van der Waals surface area contributed by atoms with Gasteiger partial charge in [0, 0.05) is 20.6 Å². The Bertz CT molecular complexity index is 963. The molecule has 1 heterocycles. The number of benzene rings is 2. The van der Waals surface area contributed by atoms with E-state index in [-0.39, 0.29) is 5.82 Å². The van der Waals surface area contributed by atoms with E-state index in [1.54, 1.807) is 18.2 Å². The van der Waals surface area contributed by atoms with Crippen molar-refractivity contribution in [1.82, 2.24) is 4.98 Å². The van der Waals surface area contributed by atoms with E-state index in [0.717, 1.165) is 10.0 Å². The monoisotopic (exact) mass is 417 g/mol.